The lowest BCUT2D eigenvalue weighted by atomic mass is 9.97. The predicted octanol–water partition coefficient (Wildman–Crippen LogP) is 4.54. The van der Waals surface area contributed by atoms with Crippen molar-refractivity contribution in [2.75, 3.05) is 13.1 Å². The molecule has 0 unspecified atom stereocenters. The monoisotopic (exact) mass is 277 g/mol. The zero-order valence-corrected chi connectivity index (χ0v) is 12.8. The van der Waals surface area contributed by atoms with E-state index in [2.05, 4.69) is 72.5 Å². The lowest BCUT2D eigenvalue weighted by Crippen LogP contribution is -2.27. The van der Waals surface area contributed by atoms with Gasteiger partial charge in [-0.2, -0.15) is 0 Å². The normalized spacial score (nSPS) is 15.8. The van der Waals surface area contributed by atoms with Gasteiger partial charge in [-0.1, -0.05) is 67.6 Å². The van der Waals surface area contributed by atoms with E-state index in [1.165, 1.54) is 22.3 Å². The highest BCUT2D eigenvalue weighted by Gasteiger charge is 2.13. The Bertz CT molecular complexity index is 613. The van der Waals surface area contributed by atoms with Gasteiger partial charge in [0.1, 0.15) is 0 Å². The van der Waals surface area contributed by atoms with E-state index in [1.54, 1.807) is 0 Å². The van der Waals surface area contributed by atoms with Gasteiger partial charge in [0.25, 0.3) is 0 Å². The van der Waals surface area contributed by atoms with Crippen LogP contribution in [-0.2, 0) is 13.0 Å². The molecule has 0 saturated carbocycles. The smallest absolute Gasteiger partial charge is 0.0237 e. The number of rotatable bonds is 4. The first kappa shape index (κ1) is 14.1. The molecule has 2 aromatic carbocycles. The summed E-state index contributed by atoms with van der Waals surface area (Å²) in [5, 5.41) is 0. The van der Waals surface area contributed by atoms with Crippen LogP contribution in [0, 0.1) is 0 Å². The van der Waals surface area contributed by atoms with E-state index in [0.29, 0.717) is 0 Å². The fraction of sp³-hybridized carbons (Fsp3) is 0.300. The molecular weight excluding hydrogens is 254 g/mol. The quantitative estimate of drug-likeness (QED) is 0.793. The second kappa shape index (κ2) is 6.73. The molecule has 0 radical (unpaired) electrons. The van der Waals surface area contributed by atoms with E-state index < -0.39 is 0 Å². The maximum absolute atomic E-state index is 2.52. The van der Waals surface area contributed by atoms with Crippen LogP contribution in [0.25, 0.3) is 5.57 Å². The highest BCUT2D eigenvalue weighted by Crippen LogP contribution is 2.24. The molecule has 0 amide bonds. The molecule has 0 fully saturated rings. The summed E-state index contributed by atoms with van der Waals surface area (Å²) in [7, 11) is 0. The average Bonchev–Trinajstić information content (AvgIpc) is 2.56. The topological polar surface area (TPSA) is 3.24 Å². The molecule has 1 heteroatoms. The fourth-order valence-corrected chi connectivity index (χ4v) is 2.95. The van der Waals surface area contributed by atoms with Crippen molar-refractivity contribution in [2.45, 2.75) is 26.3 Å². The van der Waals surface area contributed by atoms with Crippen molar-refractivity contribution in [3.8, 4) is 0 Å². The third-order valence-electron chi connectivity index (χ3n) is 4.25. The number of nitrogens with zero attached hydrogens (tertiary/aromatic N) is 1. The maximum atomic E-state index is 2.52. The van der Waals surface area contributed by atoms with Gasteiger partial charge in [0.2, 0.25) is 0 Å². The minimum atomic E-state index is 1.06. The van der Waals surface area contributed by atoms with Gasteiger partial charge in [0, 0.05) is 19.6 Å². The first-order chi connectivity index (χ1) is 10.3. The molecule has 1 aliphatic heterocycles. The summed E-state index contributed by atoms with van der Waals surface area (Å²) in [6.07, 6.45) is 4.67. The van der Waals surface area contributed by atoms with E-state index in [9.17, 15) is 0 Å². The zero-order valence-electron chi connectivity index (χ0n) is 12.8. The van der Waals surface area contributed by atoms with Gasteiger partial charge in [-0.3, -0.25) is 4.90 Å². The van der Waals surface area contributed by atoms with Crippen LogP contribution in [0.2, 0.25) is 0 Å². The van der Waals surface area contributed by atoms with Crippen LogP contribution in [0.3, 0.4) is 0 Å². The van der Waals surface area contributed by atoms with Crippen molar-refractivity contribution in [1.82, 2.24) is 4.90 Å². The van der Waals surface area contributed by atoms with E-state index >= 15 is 0 Å². The second-order valence-electron chi connectivity index (χ2n) is 5.75. The van der Waals surface area contributed by atoms with Crippen LogP contribution in [0.4, 0.5) is 0 Å². The molecule has 0 spiro atoms. The van der Waals surface area contributed by atoms with E-state index in [1.807, 2.05) is 0 Å². The highest BCUT2D eigenvalue weighted by molar-refractivity contribution is 5.67. The highest BCUT2D eigenvalue weighted by atomic mass is 15.1. The van der Waals surface area contributed by atoms with Gasteiger partial charge in [-0.25, -0.2) is 0 Å². The Balaban J connectivity index is 1.66. The molecule has 0 N–H and O–H groups in total. The van der Waals surface area contributed by atoms with Crippen molar-refractivity contribution in [1.29, 1.82) is 0 Å². The maximum Gasteiger partial charge on any atom is 0.0237 e. The Morgan fingerprint density at radius 2 is 1.76 bits per heavy atom. The van der Waals surface area contributed by atoms with Crippen molar-refractivity contribution in [2.24, 2.45) is 0 Å². The Kier molecular flexibility index (Phi) is 4.52. The van der Waals surface area contributed by atoms with Crippen LogP contribution >= 0.6 is 0 Å². The minimum absolute atomic E-state index is 1.06. The molecule has 21 heavy (non-hydrogen) atoms. The lowest BCUT2D eigenvalue weighted by molar-refractivity contribution is 0.294. The van der Waals surface area contributed by atoms with Gasteiger partial charge in [0.15, 0.2) is 0 Å². The van der Waals surface area contributed by atoms with Gasteiger partial charge in [-0.15, -0.1) is 0 Å². The van der Waals surface area contributed by atoms with E-state index in [4.69, 9.17) is 0 Å². The molecule has 1 nitrogen and oxygen atoms in total. The molecule has 0 aliphatic carbocycles. The molecule has 0 atom stereocenters. The van der Waals surface area contributed by atoms with Crippen molar-refractivity contribution < 1.29 is 0 Å². The molecule has 0 saturated heterocycles. The molecule has 108 valence electrons. The summed E-state index contributed by atoms with van der Waals surface area (Å²) in [6, 6.07) is 19.7. The van der Waals surface area contributed by atoms with Crippen molar-refractivity contribution in [3.05, 3.63) is 77.4 Å². The largest absolute Gasteiger partial charge is 0.295 e. The Morgan fingerprint density at radius 3 is 2.48 bits per heavy atom. The summed E-state index contributed by atoms with van der Waals surface area (Å²) in [6.45, 7) is 5.48. The second-order valence-corrected chi connectivity index (χ2v) is 5.75. The third-order valence-corrected chi connectivity index (χ3v) is 4.25. The number of aryl methyl sites for hydroxylation is 1. The zero-order chi connectivity index (χ0) is 14.5. The Morgan fingerprint density at radius 1 is 0.952 bits per heavy atom. The summed E-state index contributed by atoms with van der Waals surface area (Å²) in [5.41, 5.74) is 5.76. The number of hydrogen-bond acceptors (Lipinski definition) is 1. The predicted molar refractivity (Wildman–Crippen MR) is 90.1 cm³/mol. The summed E-state index contributed by atoms with van der Waals surface area (Å²) in [4.78, 5) is 2.52. The standard InChI is InChI=1S/C20H23N/c1-2-17-9-6-10-20(15-17)19-11-13-21(14-12-19)16-18-7-4-3-5-8-18/h3-11,15H,2,12-14,16H2,1H3. The van der Waals surface area contributed by atoms with Crippen LogP contribution < -0.4 is 0 Å². The van der Waals surface area contributed by atoms with Gasteiger partial charge < -0.3 is 0 Å². The average molecular weight is 277 g/mol. The number of benzene rings is 2. The Labute approximate surface area is 127 Å². The fourth-order valence-electron chi connectivity index (χ4n) is 2.95. The van der Waals surface area contributed by atoms with Gasteiger partial charge >= 0.3 is 0 Å². The number of hydrogen-bond donors (Lipinski definition) is 0. The third kappa shape index (κ3) is 3.62. The molecule has 3 rings (SSSR count). The summed E-state index contributed by atoms with van der Waals surface area (Å²) < 4.78 is 0. The van der Waals surface area contributed by atoms with Crippen molar-refractivity contribution >= 4 is 5.57 Å². The van der Waals surface area contributed by atoms with Gasteiger partial charge in [0.05, 0.1) is 0 Å². The minimum Gasteiger partial charge on any atom is -0.295 e. The lowest BCUT2D eigenvalue weighted by Gasteiger charge is -2.26. The first-order valence-electron chi connectivity index (χ1n) is 7.90. The molecule has 1 heterocycles. The van der Waals surface area contributed by atoms with Crippen molar-refractivity contribution in [3.63, 3.8) is 0 Å². The van der Waals surface area contributed by atoms with Crippen LogP contribution in [0.1, 0.15) is 30.0 Å². The van der Waals surface area contributed by atoms with Crippen LogP contribution in [-0.4, -0.2) is 18.0 Å². The van der Waals surface area contributed by atoms with Crippen LogP contribution in [0.15, 0.2) is 60.7 Å². The van der Waals surface area contributed by atoms with Crippen LogP contribution in [0.5, 0.6) is 0 Å². The SMILES string of the molecule is CCc1cccc(C2=CCN(Cc3ccccc3)CC2)c1. The Hall–Kier alpha value is -1.86. The molecule has 1 aliphatic rings. The molecule has 0 bridgehead atoms. The van der Waals surface area contributed by atoms with E-state index in [0.717, 1.165) is 32.5 Å². The molecular formula is C20H23N. The molecule has 2 aromatic rings. The first-order valence-corrected chi connectivity index (χ1v) is 7.90. The van der Waals surface area contributed by atoms with Gasteiger partial charge in [-0.05, 0) is 35.1 Å². The molecule has 0 aromatic heterocycles. The van der Waals surface area contributed by atoms with E-state index in [-0.39, 0.29) is 0 Å². The summed E-state index contributed by atoms with van der Waals surface area (Å²) >= 11 is 0. The summed E-state index contributed by atoms with van der Waals surface area (Å²) in [5.74, 6) is 0.